The molecule has 4 atom stereocenters. The summed E-state index contributed by atoms with van der Waals surface area (Å²) in [6, 6.07) is 33.8. The van der Waals surface area contributed by atoms with Crippen molar-refractivity contribution in [3.63, 3.8) is 0 Å². The Balaban J connectivity index is 1.18. The molecule has 7 rings (SSSR count). The van der Waals surface area contributed by atoms with Gasteiger partial charge in [-0.1, -0.05) is 93.6 Å². The Kier molecular flexibility index (Phi) is 20.9. The van der Waals surface area contributed by atoms with Crippen molar-refractivity contribution in [2.45, 2.75) is 81.9 Å². The zero-order valence-electron chi connectivity index (χ0n) is 45.2. The van der Waals surface area contributed by atoms with Gasteiger partial charge in [-0.25, -0.2) is 24.7 Å². The van der Waals surface area contributed by atoms with E-state index in [0.29, 0.717) is 55.7 Å². The number of carbonyl (C=O) groups is 3. The molecule has 1 aliphatic rings. The number of anilines is 1. The Bertz CT molecular complexity index is 2870. The van der Waals surface area contributed by atoms with Crippen molar-refractivity contribution in [2.24, 2.45) is 4.99 Å². The van der Waals surface area contributed by atoms with Gasteiger partial charge in [-0.15, -0.1) is 0 Å². The predicted octanol–water partition coefficient (Wildman–Crippen LogP) is 7.59. The lowest BCUT2D eigenvalue weighted by Crippen LogP contribution is -2.50. The number of carbonyl (C=O) groups excluding carboxylic acids is 4. The summed E-state index contributed by atoms with van der Waals surface area (Å²) in [4.78, 5) is 68.2. The molecule has 6 aromatic rings. The molecule has 0 spiro atoms. The number of hydrogen-bond donors (Lipinski definition) is 2. The van der Waals surface area contributed by atoms with Gasteiger partial charge in [0, 0.05) is 18.5 Å². The molecule has 0 unspecified atom stereocenters. The number of nitrogens with zero attached hydrogens (tertiary/aromatic N) is 5. The summed E-state index contributed by atoms with van der Waals surface area (Å²) in [7, 11) is 0.454. The molecule has 4 aromatic carbocycles. The van der Waals surface area contributed by atoms with E-state index in [4.69, 9.17) is 47.3 Å². The van der Waals surface area contributed by atoms with Crippen molar-refractivity contribution < 1.29 is 61.5 Å². The van der Waals surface area contributed by atoms with Gasteiger partial charge in [0.15, 0.2) is 37.6 Å². The van der Waals surface area contributed by atoms with Crippen LogP contribution < -0.4 is 20.1 Å². The Morgan fingerprint density at radius 3 is 1.92 bits per heavy atom. The van der Waals surface area contributed by atoms with Crippen LogP contribution in [0.15, 0.2) is 127 Å². The predicted molar refractivity (Wildman–Crippen MR) is 292 cm³/mol. The Hall–Kier alpha value is -7.20. The molecule has 1 saturated heterocycles. The van der Waals surface area contributed by atoms with E-state index in [-0.39, 0.29) is 67.3 Å². The number of nitrogens with one attached hydrogen (secondary N) is 2. The number of hydrogen-bond acceptors (Lipinski definition) is 17. The first-order valence-electron chi connectivity index (χ1n) is 25.8. The van der Waals surface area contributed by atoms with Crippen LogP contribution in [0.5, 0.6) is 11.5 Å². The zero-order valence-corrected chi connectivity index (χ0v) is 46.2. The second-order valence-electron chi connectivity index (χ2n) is 19.7. The van der Waals surface area contributed by atoms with Crippen LogP contribution in [0.3, 0.4) is 0 Å². The van der Waals surface area contributed by atoms with Gasteiger partial charge in [0.05, 0.1) is 79.8 Å². The standard InChI is InChI=1S/C57H69N7O13Si/c1-56(2,3)78(6,7)77-51-50(76-48(67)27-26-47(66)59-29-31-72-33-35-73-34-32-71-30-28-58-39-65)46(75-55(51)64-38-62-49-52(60-37-61-53(49)64)63-54(68)40-14-10-8-11-15-40)36-74-57(41-16-12-9-13-17-41,42-18-22-44(69-4)23-19-42)43-20-24-45(70-5)25-21-43/h8-25,37-38,46,50-51,55H,26-36H2,1-7H3,(H,59,66)(H,60,61,63,68)/t46-,50-,51-,55-/m1/s1. The highest BCUT2D eigenvalue weighted by molar-refractivity contribution is 6.74. The van der Waals surface area contributed by atoms with Crippen LogP contribution in [-0.4, -0.2) is 144 Å². The first-order valence-corrected chi connectivity index (χ1v) is 28.7. The summed E-state index contributed by atoms with van der Waals surface area (Å²) in [5.41, 5.74) is 2.09. The highest BCUT2D eigenvalue weighted by Crippen LogP contribution is 2.46. The van der Waals surface area contributed by atoms with E-state index in [1.54, 1.807) is 49.4 Å². The van der Waals surface area contributed by atoms with Crippen LogP contribution in [0.4, 0.5) is 5.82 Å². The maximum atomic E-state index is 14.3. The highest BCUT2D eigenvalue weighted by Gasteiger charge is 2.54. The molecule has 2 aromatic heterocycles. The van der Waals surface area contributed by atoms with E-state index < -0.39 is 44.4 Å². The molecule has 1 aliphatic heterocycles. The molecule has 2 amide bonds. The molecule has 21 heteroatoms. The average molecular weight is 1090 g/mol. The molecule has 0 radical (unpaired) electrons. The third kappa shape index (κ3) is 14.9. The Morgan fingerprint density at radius 1 is 0.731 bits per heavy atom. The van der Waals surface area contributed by atoms with Crippen molar-refractivity contribution in [1.29, 1.82) is 0 Å². The topological polar surface area (TPSA) is 231 Å². The van der Waals surface area contributed by atoms with Crippen molar-refractivity contribution >= 4 is 49.2 Å². The molecule has 0 bridgehead atoms. The molecule has 414 valence electrons. The smallest absolute Gasteiger partial charge is 0.306 e. The van der Waals surface area contributed by atoms with Crippen molar-refractivity contribution in [3.8, 4) is 11.5 Å². The summed E-state index contributed by atoms with van der Waals surface area (Å²) in [5.74, 6) is 0.0605. The molecule has 2 N–H and O–H groups in total. The largest absolute Gasteiger partial charge is 0.497 e. The normalized spacial score (nSPS) is 16.6. The van der Waals surface area contributed by atoms with Crippen LogP contribution in [0.1, 0.15) is 66.9 Å². The van der Waals surface area contributed by atoms with Crippen LogP contribution in [0, 0.1) is 0 Å². The number of isocyanates is 1. The Morgan fingerprint density at radius 2 is 1.32 bits per heavy atom. The molecule has 3 heterocycles. The van der Waals surface area contributed by atoms with Gasteiger partial charge < -0.3 is 53.0 Å². The maximum absolute atomic E-state index is 14.3. The average Bonchev–Trinajstić information content (AvgIpc) is 4.17. The van der Waals surface area contributed by atoms with E-state index in [1.165, 1.54) is 12.4 Å². The van der Waals surface area contributed by atoms with Gasteiger partial charge in [0.2, 0.25) is 12.0 Å². The molecule has 0 saturated carbocycles. The van der Waals surface area contributed by atoms with Crippen molar-refractivity contribution in [1.82, 2.24) is 24.8 Å². The number of fused-ring (bicyclic) bond motifs is 1. The van der Waals surface area contributed by atoms with E-state index >= 15 is 0 Å². The second kappa shape index (κ2) is 27.9. The molecule has 78 heavy (non-hydrogen) atoms. The van der Waals surface area contributed by atoms with E-state index in [1.807, 2.05) is 84.9 Å². The number of imidazole rings is 1. The summed E-state index contributed by atoms with van der Waals surface area (Å²) < 4.78 is 57.6. The van der Waals surface area contributed by atoms with Crippen LogP contribution in [0.2, 0.25) is 18.1 Å². The van der Waals surface area contributed by atoms with Crippen molar-refractivity contribution in [2.75, 3.05) is 78.9 Å². The van der Waals surface area contributed by atoms with Crippen LogP contribution in [0.25, 0.3) is 11.2 Å². The fraction of sp³-hybridized carbons (Fsp3) is 0.421. The van der Waals surface area contributed by atoms with Gasteiger partial charge in [0.25, 0.3) is 5.91 Å². The monoisotopic (exact) mass is 1090 g/mol. The first-order chi connectivity index (χ1) is 37.7. The number of aromatic nitrogens is 4. The van der Waals surface area contributed by atoms with Crippen LogP contribution >= 0.6 is 0 Å². The summed E-state index contributed by atoms with van der Waals surface area (Å²) in [5, 5.41) is 5.36. The third-order valence-electron chi connectivity index (χ3n) is 13.6. The maximum Gasteiger partial charge on any atom is 0.306 e. The summed E-state index contributed by atoms with van der Waals surface area (Å²) in [6.45, 7) is 12.7. The quantitative estimate of drug-likeness (QED) is 0.0115. The third-order valence-corrected chi connectivity index (χ3v) is 18.1. The molecular weight excluding hydrogens is 1020 g/mol. The molecule has 0 aliphatic carbocycles. The minimum Gasteiger partial charge on any atom is -0.497 e. The van der Waals surface area contributed by atoms with Gasteiger partial charge in [-0.05, 0) is 71.2 Å². The number of esters is 1. The van der Waals surface area contributed by atoms with E-state index in [0.717, 1.165) is 16.7 Å². The number of amides is 2. The number of aliphatic imine (C=N–C) groups is 1. The van der Waals surface area contributed by atoms with E-state index in [2.05, 4.69) is 59.5 Å². The summed E-state index contributed by atoms with van der Waals surface area (Å²) >= 11 is 0. The van der Waals surface area contributed by atoms with Gasteiger partial charge in [0.1, 0.15) is 35.6 Å². The number of ether oxygens (including phenoxy) is 8. The lowest BCUT2D eigenvalue weighted by molar-refractivity contribution is -0.159. The summed E-state index contributed by atoms with van der Waals surface area (Å²) in [6.07, 6.45) is -0.208. The van der Waals surface area contributed by atoms with Gasteiger partial charge in [-0.2, -0.15) is 0 Å². The second-order valence-corrected chi connectivity index (χ2v) is 24.5. The molecular formula is C57H69N7O13Si. The zero-order chi connectivity index (χ0) is 55.5. The molecule has 1 fully saturated rings. The first kappa shape index (κ1) is 58.5. The van der Waals surface area contributed by atoms with Crippen molar-refractivity contribution in [3.05, 3.63) is 144 Å². The number of benzene rings is 4. The minimum atomic E-state index is -2.76. The number of methoxy groups -OCH3 is 2. The minimum absolute atomic E-state index is 0.157. The van der Waals surface area contributed by atoms with Crippen LogP contribution in [-0.2, 0) is 52.8 Å². The SMILES string of the molecule is COc1ccc(C(OC[C@H]2O[C@@H](n3cnc4c(NC(=O)c5ccccc5)ncnc43)[C@H](O[Si](C)(C)C(C)(C)C)[C@@H]2OC(=O)CCC(=O)NCCOCCOCCOCCN=C=O)(c2ccccc2)c2ccc(OC)cc2)cc1. The Labute approximate surface area is 455 Å². The number of rotatable bonds is 29. The lowest BCUT2D eigenvalue weighted by atomic mass is 9.80. The highest BCUT2D eigenvalue weighted by atomic mass is 28.4. The van der Waals surface area contributed by atoms with Gasteiger partial charge in [-0.3, -0.25) is 19.0 Å². The molecule has 20 nitrogen and oxygen atoms in total. The fourth-order valence-corrected chi connectivity index (χ4v) is 9.79. The van der Waals surface area contributed by atoms with Gasteiger partial charge >= 0.3 is 5.97 Å². The van der Waals surface area contributed by atoms with E-state index in [9.17, 15) is 19.2 Å². The lowest BCUT2D eigenvalue weighted by Gasteiger charge is -2.40. The fourth-order valence-electron chi connectivity index (χ4n) is 8.51.